The average Bonchev–Trinajstić information content (AvgIpc) is 3.10. The summed E-state index contributed by atoms with van der Waals surface area (Å²) in [4.78, 5) is 4.37. The van der Waals surface area contributed by atoms with Crippen molar-refractivity contribution < 1.29 is 13.9 Å². The van der Waals surface area contributed by atoms with Gasteiger partial charge in [-0.15, -0.1) is 5.10 Å². The molecule has 5 nitrogen and oxygen atoms in total. The number of halogens is 2. The minimum absolute atomic E-state index is 0.270. The van der Waals surface area contributed by atoms with Gasteiger partial charge in [0.1, 0.15) is 23.9 Å². The number of hydrogen-bond donors (Lipinski definition) is 1. The molecule has 3 aromatic rings. The molecule has 1 heterocycles. The molecule has 0 atom stereocenters. The molecule has 0 amide bonds. The van der Waals surface area contributed by atoms with E-state index in [1.54, 1.807) is 36.4 Å². The maximum atomic E-state index is 12.8. The highest BCUT2D eigenvalue weighted by Gasteiger charge is 2.05. The fourth-order valence-corrected chi connectivity index (χ4v) is 2.89. The normalized spacial score (nSPS) is 10.7. The molecule has 0 spiro atoms. The summed E-state index contributed by atoms with van der Waals surface area (Å²) in [6.45, 7) is 0.860. The number of benzene rings is 2. The highest BCUT2D eigenvalue weighted by atomic mass is 35.5. The second-order valence-corrected chi connectivity index (χ2v) is 6.81. The highest BCUT2D eigenvalue weighted by molar-refractivity contribution is 7.99. The summed E-state index contributed by atoms with van der Waals surface area (Å²) >= 11 is 7.37. The Morgan fingerprint density at radius 3 is 2.46 bits per heavy atom. The number of rotatable bonds is 9. The summed E-state index contributed by atoms with van der Waals surface area (Å²) in [5.74, 6) is 2.59. The molecule has 0 saturated carbocycles. The fourth-order valence-electron chi connectivity index (χ4n) is 2.03. The Morgan fingerprint density at radius 2 is 1.69 bits per heavy atom. The Labute approximate surface area is 159 Å². The molecule has 1 aromatic heterocycles. The monoisotopic (exact) mass is 393 g/mol. The molecule has 26 heavy (non-hydrogen) atoms. The molecule has 0 saturated heterocycles. The van der Waals surface area contributed by atoms with E-state index in [0.29, 0.717) is 35.0 Å². The summed E-state index contributed by atoms with van der Waals surface area (Å²) in [5.41, 5.74) is 0. The fraction of sp³-hybridized carbons (Fsp3) is 0.222. The van der Waals surface area contributed by atoms with Crippen molar-refractivity contribution in [3.63, 3.8) is 0 Å². The van der Waals surface area contributed by atoms with E-state index < -0.39 is 0 Å². The van der Waals surface area contributed by atoms with Crippen LogP contribution >= 0.6 is 23.4 Å². The molecule has 3 rings (SSSR count). The number of nitrogens with zero attached hydrogens (tertiary/aromatic N) is 2. The van der Waals surface area contributed by atoms with Crippen LogP contribution in [0.3, 0.4) is 0 Å². The van der Waals surface area contributed by atoms with Gasteiger partial charge in [0, 0.05) is 10.8 Å². The van der Waals surface area contributed by atoms with Gasteiger partial charge in [-0.2, -0.15) is 0 Å². The van der Waals surface area contributed by atoms with E-state index in [2.05, 4.69) is 15.2 Å². The van der Waals surface area contributed by atoms with Crippen molar-refractivity contribution in [1.29, 1.82) is 0 Å². The second kappa shape index (κ2) is 9.45. The molecule has 0 bridgehead atoms. The van der Waals surface area contributed by atoms with E-state index in [1.165, 1.54) is 23.9 Å². The van der Waals surface area contributed by atoms with Gasteiger partial charge < -0.3 is 9.47 Å². The third-order valence-corrected chi connectivity index (χ3v) is 4.49. The standard InChI is InChI=1S/C18H17ClFN3O2S/c19-13-2-6-16(7-3-13)25-12-17-21-18(23-22-17)26-11-1-10-24-15-8-4-14(20)5-9-15/h2-9H,1,10-12H2,(H,21,22,23). The predicted octanol–water partition coefficient (Wildman–Crippen LogP) is 4.74. The van der Waals surface area contributed by atoms with E-state index in [9.17, 15) is 4.39 Å². The van der Waals surface area contributed by atoms with Crippen LogP contribution in [0.5, 0.6) is 11.5 Å². The molecule has 0 radical (unpaired) electrons. The van der Waals surface area contributed by atoms with Gasteiger partial charge >= 0.3 is 0 Å². The van der Waals surface area contributed by atoms with Crippen LogP contribution in [0.15, 0.2) is 53.7 Å². The Balaban J connectivity index is 1.34. The van der Waals surface area contributed by atoms with Crippen LogP contribution in [-0.2, 0) is 6.61 Å². The number of ether oxygens (including phenoxy) is 2. The van der Waals surface area contributed by atoms with Gasteiger partial charge in [0.25, 0.3) is 0 Å². The van der Waals surface area contributed by atoms with Gasteiger partial charge in [-0.1, -0.05) is 23.4 Å². The van der Waals surface area contributed by atoms with Crippen LogP contribution < -0.4 is 9.47 Å². The van der Waals surface area contributed by atoms with Crippen molar-refractivity contribution in [2.75, 3.05) is 12.4 Å². The Bertz CT molecular complexity index is 812. The van der Waals surface area contributed by atoms with Crippen LogP contribution in [0.2, 0.25) is 5.02 Å². The number of aromatic nitrogens is 3. The second-order valence-electron chi connectivity index (χ2n) is 5.31. The van der Waals surface area contributed by atoms with Crippen LogP contribution in [-0.4, -0.2) is 27.5 Å². The first-order valence-electron chi connectivity index (χ1n) is 8.00. The highest BCUT2D eigenvalue weighted by Crippen LogP contribution is 2.18. The molecule has 1 N–H and O–H groups in total. The number of hydrogen-bond acceptors (Lipinski definition) is 5. The van der Waals surface area contributed by atoms with Gasteiger partial charge in [-0.3, -0.25) is 5.10 Å². The maximum Gasteiger partial charge on any atom is 0.208 e. The lowest BCUT2D eigenvalue weighted by Gasteiger charge is -2.04. The summed E-state index contributed by atoms with van der Waals surface area (Å²) < 4.78 is 24.0. The molecule has 0 unspecified atom stereocenters. The van der Waals surface area contributed by atoms with E-state index in [1.807, 2.05) is 0 Å². The summed E-state index contributed by atoms with van der Waals surface area (Å²) in [6.07, 6.45) is 0.827. The topological polar surface area (TPSA) is 60.0 Å². The SMILES string of the molecule is Fc1ccc(OCCCSc2n[nH]c(COc3ccc(Cl)cc3)n2)cc1. The average molecular weight is 394 g/mol. The quantitative estimate of drug-likeness (QED) is 0.420. The molecule has 136 valence electrons. The molecule has 0 fully saturated rings. The Kier molecular flexibility index (Phi) is 6.74. The largest absolute Gasteiger partial charge is 0.494 e. The van der Waals surface area contributed by atoms with Crippen LogP contribution in [0.25, 0.3) is 0 Å². The van der Waals surface area contributed by atoms with E-state index in [0.717, 1.165) is 17.9 Å². The van der Waals surface area contributed by atoms with Crippen molar-refractivity contribution in [3.05, 3.63) is 65.2 Å². The van der Waals surface area contributed by atoms with Crippen LogP contribution in [0.4, 0.5) is 4.39 Å². The molecule has 2 aromatic carbocycles. The predicted molar refractivity (Wildman–Crippen MR) is 99.4 cm³/mol. The Hall–Kier alpha value is -2.25. The van der Waals surface area contributed by atoms with E-state index in [-0.39, 0.29) is 5.82 Å². The molecular formula is C18H17ClFN3O2S. The van der Waals surface area contributed by atoms with Crippen molar-refractivity contribution in [3.8, 4) is 11.5 Å². The first-order chi connectivity index (χ1) is 12.7. The smallest absolute Gasteiger partial charge is 0.208 e. The van der Waals surface area contributed by atoms with Crippen molar-refractivity contribution in [2.24, 2.45) is 0 Å². The van der Waals surface area contributed by atoms with E-state index >= 15 is 0 Å². The lowest BCUT2D eigenvalue weighted by atomic mass is 10.3. The molecule has 0 aliphatic heterocycles. The first kappa shape index (κ1) is 18.5. The van der Waals surface area contributed by atoms with Gasteiger partial charge in [0.15, 0.2) is 5.82 Å². The van der Waals surface area contributed by atoms with Crippen molar-refractivity contribution in [1.82, 2.24) is 15.2 Å². The minimum Gasteiger partial charge on any atom is -0.494 e. The van der Waals surface area contributed by atoms with Crippen LogP contribution in [0.1, 0.15) is 12.2 Å². The van der Waals surface area contributed by atoms with Gasteiger partial charge in [-0.05, 0) is 55.0 Å². The van der Waals surface area contributed by atoms with E-state index in [4.69, 9.17) is 21.1 Å². The molecule has 0 aliphatic carbocycles. The zero-order valence-corrected chi connectivity index (χ0v) is 15.4. The number of aromatic amines is 1. The summed E-state index contributed by atoms with van der Waals surface area (Å²) in [7, 11) is 0. The first-order valence-corrected chi connectivity index (χ1v) is 9.36. The van der Waals surface area contributed by atoms with Gasteiger partial charge in [0.2, 0.25) is 5.16 Å². The lowest BCUT2D eigenvalue weighted by molar-refractivity contribution is 0.296. The van der Waals surface area contributed by atoms with Gasteiger partial charge in [-0.25, -0.2) is 9.37 Å². The molecule has 8 heteroatoms. The summed E-state index contributed by atoms with van der Waals surface area (Å²) in [6, 6.07) is 13.1. The molecule has 0 aliphatic rings. The van der Waals surface area contributed by atoms with Crippen LogP contribution in [0, 0.1) is 5.82 Å². The van der Waals surface area contributed by atoms with Gasteiger partial charge in [0.05, 0.1) is 6.61 Å². The third-order valence-electron chi connectivity index (χ3n) is 3.30. The number of thioether (sulfide) groups is 1. The van der Waals surface area contributed by atoms with Crippen molar-refractivity contribution in [2.45, 2.75) is 18.2 Å². The maximum absolute atomic E-state index is 12.8. The zero-order chi connectivity index (χ0) is 18.2. The Morgan fingerprint density at radius 1 is 1.00 bits per heavy atom. The number of nitrogens with one attached hydrogen (secondary N) is 1. The summed E-state index contributed by atoms with van der Waals surface area (Å²) in [5, 5.41) is 8.34. The third kappa shape index (κ3) is 5.93. The lowest BCUT2D eigenvalue weighted by Crippen LogP contribution is -1.99. The number of H-pyrrole nitrogens is 1. The van der Waals surface area contributed by atoms with Crippen molar-refractivity contribution >= 4 is 23.4 Å². The molecular weight excluding hydrogens is 377 g/mol. The zero-order valence-electron chi connectivity index (χ0n) is 13.8. The minimum atomic E-state index is -0.270.